The SMILES string of the molecule is C=CCC1C=C(C)CC(C)CC(OC)C2OC(O)(C(=O)C(=O)N3CCCCC3C(=O)OC(C(C)=CC3CCC(Oc4ccc5c(ccn5CCC)c4)C(OC)C3)C(C)CCC1=O)C(C)CC2OC. The van der Waals surface area contributed by atoms with E-state index in [2.05, 4.69) is 55.5 Å². The molecule has 13 heteroatoms. The number of nitrogens with zero attached hydrogens (tertiary/aromatic N) is 2. The van der Waals surface area contributed by atoms with Crippen molar-refractivity contribution >= 4 is 34.3 Å². The summed E-state index contributed by atoms with van der Waals surface area (Å²) in [6, 6.07) is 7.31. The lowest BCUT2D eigenvalue weighted by Gasteiger charge is -2.47. The van der Waals surface area contributed by atoms with Crippen molar-refractivity contribution in [3.63, 3.8) is 0 Å². The molecule has 1 saturated carbocycles. The number of carbonyl (C=O) groups excluding carboxylic acids is 4. The van der Waals surface area contributed by atoms with Crippen LogP contribution in [-0.2, 0) is 49.4 Å². The van der Waals surface area contributed by atoms with Gasteiger partial charge in [-0.05, 0) is 138 Å². The van der Waals surface area contributed by atoms with E-state index >= 15 is 0 Å². The number of ketones is 2. The largest absolute Gasteiger partial charge is 0.488 e. The van der Waals surface area contributed by atoms with Gasteiger partial charge in [0.2, 0.25) is 5.79 Å². The highest BCUT2D eigenvalue weighted by Gasteiger charge is 2.56. The molecular formula is C55H80N2O11. The molecule has 376 valence electrons. The molecular weight excluding hydrogens is 865 g/mol. The lowest BCUT2D eigenvalue weighted by Crippen LogP contribution is -2.64. The first-order valence-electron chi connectivity index (χ1n) is 25.3. The van der Waals surface area contributed by atoms with Crippen LogP contribution in [0.1, 0.15) is 125 Å². The molecule has 0 radical (unpaired) electrons. The highest BCUT2D eigenvalue weighted by molar-refractivity contribution is 6.39. The van der Waals surface area contributed by atoms with Crippen LogP contribution in [0.3, 0.4) is 0 Å². The van der Waals surface area contributed by atoms with E-state index in [1.54, 1.807) is 34.3 Å². The Labute approximate surface area is 404 Å². The summed E-state index contributed by atoms with van der Waals surface area (Å²) < 4.78 is 39.6. The Hall–Kier alpha value is -4.14. The second kappa shape index (κ2) is 24.1. The smallest absolute Gasteiger partial charge is 0.329 e. The molecule has 13 atom stereocenters. The van der Waals surface area contributed by atoms with E-state index in [4.69, 9.17) is 28.4 Å². The van der Waals surface area contributed by atoms with Gasteiger partial charge in [0.15, 0.2) is 0 Å². The van der Waals surface area contributed by atoms with Crippen molar-refractivity contribution in [1.29, 1.82) is 0 Å². The average molecular weight is 945 g/mol. The van der Waals surface area contributed by atoms with E-state index in [0.29, 0.717) is 51.4 Å². The van der Waals surface area contributed by atoms with Crippen molar-refractivity contribution in [2.75, 3.05) is 27.9 Å². The Balaban J connectivity index is 1.28. The van der Waals surface area contributed by atoms with Crippen LogP contribution in [0, 0.1) is 29.6 Å². The molecule has 2 bridgehead atoms. The van der Waals surface area contributed by atoms with Crippen LogP contribution >= 0.6 is 0 Å². The minimum atomic E-state index is -2.48. The summed E-state index contributed by atoms with van der Waals surface area (Å²) in [6.45, 7) is 17.0. The molecule has 3 aliphatic heterocycles. The number of rotatable bonds is 11. The number of ether oxygens (including phenoxy) is 6. The van der Waals surface area contributed by atoms with Gasteiger partial charge in [-0.15, -0.1) is 6.58 Å². The molecule has 68 heavy (non-hydrogen) atoms. The molecule has 1 aromatic carbocycles. The molecule has 13 unspecified atom stereocenters. The second-order valence-corrected chi connectivity index (χ2v) is 20.5. The predicted octanol–water partition coefficient (Wildman–Crippen LogP) is 9.12. The van der Waals surface area contributed by atoms with E-state index in [-0.39, 0.29) is 61.0 Å². The predicted molar refractivity (Wildman–Crippen MR) is 262 cm³/mol. The zero-order valence-electron chi connectivity index (χ0n) is 42.3. The van der Waals surface area contributed by atoms with Crippen LogP contribution in [0.15, 0.2) is 66.4 Å². The van der Waals surface area contributed by atoms with Gasteiger partial charge in [-0.25, -0.2) is 4.79 Å². The highest BCUT2D eigenvalue weighted by atomic mass is 16.7. The summed E-state index contributed by atoms with van der Waals surface area (Å²) in [5.41, 5.74) is 3.08. The Morgan fingerprint density at radius 2 is 1.66 bits per heavy atom. The van der Waals surface area contributed by atoms with Gasteiger partial charge < -0.3 is 43.0 Å². The van der Waals surface area contributed by atoms with Gasteiger partial charge in [0.25, 0.3) is 11.7 Å². The fourth-order valence-corrected chi connectivity index (χ4v) is 11.4. The van der Waals surface area contributed by atoms with Crippen molar-refractivity contribution < 1.29 is 52.7 Å². The number of benzene rings is 1. The topological polar surface area (TPSA) is 152 Å². The van der Waals surface area contributed by atoms with Crippen LogP contribution < -0.4 is 4.74 Å². The summed E-state index contributed by atoms with van der Waals surface area (Å²) in [7, 11) is 4.83. The first kappa shape index (κ1) is 53.2. The maximum absolute atomic E-state index is 14.6. The fourth-order valence-electron chi connectivity index (χ4n) is 11.4. The summed E-state index contributed by atoms with van der Waals surface area (Å²) in [4.78, 5) is 58.7. The van der Waals surface area contributed by atoms with Gasteiger partial charge in [0, 0.05) is 69.8 Å². The van der Waals surface area contributed by atoms with Crippen LogP contribution in [0.25, 0.3) is 10.9 Å². The van der Waals surface area contributed by atoms with Crippen LogP contribution in [0.5, 0.6) is 5.75 Å². The van der Waals surface area contributed by atoms with Crippen molar-refractivity contribution in [2.24, 2.45) is 29.6 Å². The van der Waals surface area contributed by atoms with Gasteiger partial charge >= 0.3 is 5.97 Å². The molecule has 4 heterocycles. The maximum atomic E-state index is 14.6. The molecule has 2 saturated heterocycles. The fraction of sp³-hybridized carbons (Fsp3) is 0.673. The Kier molecular flexibility index (Phi) is 18.9. The number of esters is 1. The monoisotopic (exact) mass is 945 g/mol. The highest BCUT2D eigenvalue weighted by Crippen LogP contribution is 2.40. The molecule has 1 aliphatic carbocycles. The first-order valence-corrected chi connectivity index (χ1v) is 25.3. The number of allylic oxidation sites excluding steroid dienone is 4. The Morgan fingerprint density at radius 3 is 2.37 bits per heavy atom. The van der Waals surface area contributed by atoms with E-state index < -0.39 is 59.8 Å². The normalized spacial score (nSPS) is 34.4. The van der Waals surface area contributed by atoms with Gasteiger partial charge in [-0.2, -0.15) is 0 Å². The molecule has 0 spiro atoms. The first-order chi connectivity index (χ1) is 32.5. The Bertz CT molecular complexity index is 2130. The van der Waals surface area contributed by atoms with E-state index in [1.165, 1.54) is 10.4 Å². The molecule has 4 aliphatic rings. The van der Waals surface area contributed by atoms with Crippen LogP contribution in [0.4, 0.5) is 0 Å². The number of fused-ring (bicyclic) bond motifs is 4. The van der Waals surface area contributed by atoms with E-state index in [9.17, 15) is 24.3 Å². The average Bonchev–Trinajstić information content (AvgIpc) is 3.73. The van der Waals surface area contributed by atoms with Crippen molar-refractivity contribution in [2.45, 2.75) is 180 Å². The quantitative estimate of drug-likeness (QED) is 0.131. The lowest BCUT2D eigenvalue weighted by atomic mass is 9.82. The summed E-state index contributed by atoms with van der Waals surface area (Å²) >= 11 is 0. The maximum Gasteiger partial charge on any atom is 0.329 e. The number of aliphatic hydroxyl groups is 1. The molecule has 3 fully saturated rings. The molecule has 1 amide bonds. The van der Waals surface area contributed by atoms with Crippen LogP contribution in [-0.4, -0.2) is 114 Å². The zero-order valence-corrected chi connectivity index (χ0v) is 42.3. The number of piperidine rings is 1. The molecule has 2 aromatic rings. The zero-order chi connectivity index (χ0) is 49.3. The third-order valence-corrected chi connectivity index (χ3v) is 15.2. The number of cyclic esters (lactones) is 1. The number of aromatic nitrogens is 1. The number of amides is 1. The number of hydrogen-bond donors (Lipinski definition) is 1. The third-order valence-electron chi connectivity index (χ3n) is 15.2. The standard InChI is InChI=1S/C55H80N2O11/c1-11-15-41-28-34(3)27-35(4)29-48(64-9)51-49(65-10)31-38(7)55(62,68-51)52(59)53(60)57-25-14-13-16-44(57)54(61)67-50(36(5)17-21-45(41)58)37(6)30-39-18-22-46(47(32-39)63-8)66-42-19-20-43-40(33-42)23-26-56(43)24-12-2/h11,19-20,23,26,28,30,33,35-36,38-39,41,44,46-51,62H,1,12-18,21-22,24-25,27,29,31-32H2,2-10H3. The summed E-state index contributed by atoms with van der Waals surface area (Å²) in [5.74, 6) is -5.61. The van der Waals surface area contributed by atoms with Crippen molar-refractivity contribution in [3.05, 3.63) is 66.4 Å². The number of Topliss-reactive ketones (excluding diaryl/α,β-unsaturated/α-hetero) is 2. The third kappa shape index (κ3) is 12.4. The van der Waals surface area contributed by atoms with Gasteiger partial charge in [-0.1, -0.05) is 51.5 Å². The number of hydrogen-bond acceptors (Lipinski definition) is 11. The molecule has 13 nitrogen and oxygen atoms in total. The van der Waals surface area contributed by atoms with Crippen LogP contribution in [0.2, 0.25) is 0 Å². The number of methoxy groups -OCH3 is 3. The lowest BCUT2D eigenvalue weighted by molar-refractivity contribution is -0.302. The molecule has 1 N–H and O–H groups in total. The van der Waals surface area contributed by atoms with Gasteiger partial charge in [-0.3, -0.25) is 14.4 Å². The second-order valence-electron chi connectivity index (χ2n) is 20.5. The molecule has 6 rings (SSSR count). The minimum absolute atomic E-state index is 0.0596. The molecule has 1 aromatic heterocycles. The van der Waals surface area contributed by atoms with Gasteiger partial charge in [0.1, 0.15) is 35.9 Å². The van der Waals surface area contributed by atoms with Crippen molar-refractivity contribution in [3.8, 4) is 5.75 Å². The minimum Gasteiger partial charge on any atom is -0.488 e. The van der Waals surface area contributed by atoms with Crippen molar-refractivity contribution in [1.82, 2.24) is 9.47 Å². The Morgan fingerprint density at radius 1 is 0.926 bits per heavy atom. The van der Waals surface area contributed by atoms with E-state index in [1.807, 2.05) is 32.9 Å². The number of carbonyl (C=O) groups is 4. The summed E-state index contributed by atoms with van der Waals surface area (Å²) in [5, 5.41) is 13.3. The summed E-state index contributed by atoms with van der Waals surface area (Å²) in [6.07, 6.45) is 12.5. The number of aryl methyl sites for hydroxylation is 1. The van der Waals surface area contributed by atoms with Gasteiger partial charge in [0.05, 0.1) is 18.3 Å². The van der Waals surface area contributed by atoms with E-state index in [0.717, 1.165) is 48.1 Å².